The highest BCUT2D eigenvalue weighted by molar-refractivity contribution is 7.20. The molecule has 2 rings (SSSR count). The van der Waals surface area contributed by atoms with Gasteiger partial charge in [0.2, 0.25) is 5.91 Å². The second-order valence-electron chi connectivity index (χ2n) is 4.18. The number of nitrogens with one attached hydrogen (secondary N) is 1. The number of carbonyl (C=O) groups is 3. The summed E-state index contributed by atoms with van der Waals surface area (Å²) in [5, 5.41) is 12.1. The zero-order valence-electron chi connectivity index (χ0n) is 10.3. The van der Waals surface area contributed by atoms with E-state index in [4.69, 9.17) is 10.8 Å². The van der Waals surface area contributed by atoms with E-state index in [1.807, 2.05) is 24.3 Å². The summed E-state index contributed by atoms with van der Waals surface area (Å²) in [7, 11) is 0. The van der Waals surface area contributed by atoms with Crippen molar-refractivity contribution in [1.82, 2.24) is 5.32 Å². The van der Waals surface area contributed by atoms with Crippen molar-refractivity contribution >= 4 is 39.2 Å². The molecule has 0 radical (unpaired) electrons. The number of fused-ring (bicyclic) bond motifs is 1. The van der Waals surface area contributed by atoms with Crippen LogP contribution in [-0.4, -0.2) is 28.9 Å². The molecule has 7 heteroatoms. The second-order valence-corrected chi connectivity index (χ2v) is 5.27. The lowest BCUT2D eigenvalue weighted by Crippen LogP contribution is -2.43. The minimum Gasteiger partial charge on any atom is -0.480 e. The number of thiophene rings is 1. The Hall–Kier alpha value is -2.41. The number of carboxylic acids is 1. The Morgan fingerprint density at radius 3 is 2.60 bits per heavy atom. The van der Waals surface area contributed by atoms with E-state index < -0.39 is 30.2 Å². The zero-order chi connectivity index (χ0) is 14.7. The zero-order valence-corrected chi connectivity index (χ0v) is 11.1. The molecular weight excluding hydrogens is 280 g/mol. The first-order chi connectivity index (χ1) is 9.47. The van der Waals surface area contributed by atoms with Crippen molar-refractivity contribution in [3.05, 3.63) is 35.2 Å². The number of hydrogen-bond donors (Lipinski definition) is 3. The van der Waals surface area contributed by atoms with E-state index in [0.717, 1.165) is 10.1 Å². The average molecular weight is 292 g/mol. The minimum atomic E-state index is -1.31. The maximum absolute atomic E-state index is 12.0. The number of benzene rings is 1. The number of aliphatic carboxylic acids is 1. The molecule has 0 spiro atoms. The molecule has 0 bridgehead atoms. The Kier molecular flexibility index (Phi) is 3.99. The number of rotatable bonds is 5. The van der Waals surface area contributed by atoms with Gasteiger partial charge in [0.25, 0.3) is 5.91 Å². The van der Waals surface area contributed by atoms with Gasteiger partial charge < -0.3 is 16.2 Å². The third kappa shape index (κ3) is 3.12. The van der Waals surface area contributed by atoms with Crippen LogP contribution in [0.25, 0.3) is 10.1 Å². The molecule has 0 aliphatic heterocycles. The number of primary amides is 1. The van der Waals surface area contributed by atoms with Gasteiger partial charge in [-0.3, -0.25) is 9.59 Å². The van der Waals surface area contributed by atoms with Gasteiger partial charge in [-0.1, -0.05) is 18.2 Å². The maximum atomic E-state index is 12.0. The summed E-state index contributed by atoms with van der Waals surface area (Å²) >= 11 is 1.26. The van der Waals surface area contributed by atoms with Crippen LogP contribution in [0, 0.1) is 0 Å². The van der Waals surface area contributed by atoms with Crippen LogP contribution < -0.4 is 11.1 Å². The van der Waals surface area contributed by atoms with Crippen molar-refractivity contribution in [2.75, 3.05) is 0 Å². The lowest BCUT2D eigenvalue weighted by atomic mass is 10.2. The first-order valence-electron chi connectivity index (χ1n) is 5.78. The van der Waals surface area contributed by atoms with Crippen LogP contribution in [0.1, 0.15) is 16.1 Å². The molecule has 1 heterocycles. The Morgan fingerprint density at radius 2 is 2.00 bits per heavy atom. The van der Waals surface area contributed by atoms with Gasteiger partial charge in [0.05, 0.1) is 11.3 Å². The van der Waals surface area contributed by atoms with E-state index in [0.29, 0.717) is 4.88 Å². The van der Waals surface area contributed by atoms with Gasteiger partial charge in [0, 0.05) is 4.70 Å². The fourth-order valence-corrected chi connectivity index (χ4v) is 2.69. The van der Waals surface area contributed by atoms with Crippen molar-refractivity contribution in [2.24, 2.45) is 5.73 Å². The monoisotopic (exact) mass is 292 g/mol. The van der Waals surface area contributed by atoms with Crippen LogP contribution in [-0.2, 0) is 9.59 Å². The van der Waals surface area contributed by atoms with Gasteiger partial charge >= 0.3 is 5.97 Å². The summed E-state index contributed by atoms with van der Waals surface area (Å²) < 4.78 is 0.930. The molecule has 2 amide bonds. The van der Waals surface area contributed by atoms with Crippen molar-refractivity contribution in [1.29, 1.82) is 0 Å². The molecule has 0 fully saturated rings. The highest BCUT2D eigenvalue weighted by Gasteiger charge is 2.23. The van der Waals surface area contributed by atoms with Crippen molar-refractivity contribution in [3.8, 4) is 0 Å². The lowest BCUT2D eigenvalue weighted by Gasteiger charge is -2.11. The number of amides is 2. The van der Waals surface area contributed by atoms with Crippen LogP contribution in [0.15, 0.2) is 30.3 Å². The fourth-order valence-electron chi connectivity index (χ4n) is 1.72. The Bertz CT molecular complexity index is 647. The summed E-state index contributed by atoms with van der Waals surface area (Å²) in [5.74, 6) is -2.60. The molecule has 1 unspecified atom stereocenters. The third-order valence-corrected chi connectivity index (χ3v) is 3.77. The first kappa shape index (κ1) is 14.0. The van der Waals surface area contributed by atoms with Gasteiger partial charge in [0.1, 0.15) is 6.04 Å². The van der Waals surface area contributed by atoms with Crippen molar-refractivity contribution in [2.45, 2.75) is 12.5 Å². The summed E-state index contributed by atoms with van der Waals surface area (Å²) in [5.41, 5.74) is 4.96. The van der Waals surface area contributed by atoms with E-state index in [1.54, 1.807) is 6.07 Å². The quantitative estimate of drug-likeness (QED) is 0.762. The number of carboxylic acid groups (broad SMARTS) is 1. The van der Waals surface area contributed by atoms with Crippen LogP contribution in [0.3, 0.4) is 0 Å². The molecule has 6 nitrogen and oxygen atoms in total. The molecule has 0 aliphatic rings. The molecule has 4 N–H and O–H groups in total. The predicted molar refractivity (Wildman–Crippen MR) is 74.5 cm³/mol. The Morgan fingerprint density at radius 1 is 1.30 bits per heavy atom. The maximum Gasteiger partial charge on any atom is 0.326 e. The van der Waals surface area contributed by atoms with Crippen molar-refractivity contribution < 1.29 is 19.5 Å². The predicted octanol–water partition coefficient (Wildman–Crippen LogP) is 0.960. The number of nitrogens with two attached hydrogens (primary N) is 1. The van der Waals surface area contributed by atoms with Gasteiger partial charge in [0.15, 0.2) is 0 Å². The van der Waals surface area contributed by atoms with Gasteiger partial charge in [-0.2, -0.15) is 0 Å². The fraction of sp³-hybridized carbons (Fsp3) is 0.154. The first-order valence-corrected chi connectivity index (χ1v) is 6.59. The van der Waals surface area contributed by atoms with Gasteiger partial charge in [-0.25, -0.2) is 4.79 Å². The standard InChI is InChI=1S/C13H12N2O4S/c14-11(16)6-8(13(18)19)15-12(17)10-5-7-3-1-2-4-9(7)20-10/h1-5,8H,6H2,(H2,14,16)(H,15,17)(H,18,19). The smallest absolute Gasteiger partial charge is 0.326 e. The molecule has 20 heavy (non-hydrogen) atoms. The number of hydrogen-bond acceptors (Lipinski definition) is 4. The average Bonchev–Trinajstić information content (AvgIpc) is 2.81. The SMILES string of the molecule is NC(=O)CC(NC(=O)c1cc2ccccc2s1)C(=O)O. The van der Waals surface area contributed by atoms with Crippen LogP contribution in [0.5, 0.6) is 0 Å². The van der Waals surface area contributed by atoms with E-state index >= 15 is 0 Å². The lowest BCUT2D eigenvalue weighted by molar-refractivity contribution is -0.140. The Labute approximate surface area is 118 Å². The summed E-state index contributed by atoms with van der Waals surface area (Å²) in [6.45, 7) is 0. The molecule has 2 aromatic rings. The summed E-state index contributed by atoms with van der Waals surface area (Å²) in [4.78, 5) is 34.1. The molecular formula is C13H12N2O4S. The topological polar surface area (TPSA) is 109 Å². The molecule has 104 valence electrons. The van der Waals surface area contributed by atoms with E-state index in [1.165, 1.54) is 11.3 Å². The molecule has 1 aromatic carbocycles. The highest BCUT2D eigenvalue weighted by Crippen LogP contribution is 2.25. The number of carbonyl (C=O) groups excluding carboxylic acids is 2. The largest absolute Gasteiger partial charge is 0.480 e. The Balaban J connectivity index is 2.17. The van der Waals surface area contributed by atoms with E-state index in [9.17, 15) is 14.4 Å². The van der Waals surface area contributed by atoms with Gasteiger partial charge in [-0.05, 0) is 17.5 Å². The summed E-state index contributed by atoms with van der Waals surface area (Å²) in [6, 6.07) is 7.80. The minimum absolute atomic E-state index is 0.391. The molecule has 1 aromatic heterocycles. The van der Waals surface area contributed by atoms with Gasteiger partial charge in [-0.15, -0.1) is 11.3 Å². The third-order valence-electron chi connectivity index (χ3n) is 2.66. The van der Waals surface area contributed by atoms with Crippen LogP contribution in [0.4, 0.5) is 0 Å². The summed E-state index contributed by atoms with van der Waals surface area (Å²) in [6.07, 6.45) is -0.439. The molecule has 1 atom stereocenters. The highest BCUT2D eigenvalue weighted by atomic mass is 32.1. The van der Waals surface area contributed by atoms with Crippen LogP contribution >= 0.6 is 11.3 Å². The normalized spacial score (nSPS) is 12.0. The molecule has 0 saturated heterocycles. The van der Waals surface area contributed by atoms with E-state index in [2.05, 4.69) is 5.32 Å². The van der Waals surface area contributed by atoms with Crippen LogP contribution in [0.2, 0.25) is 0 Å². The van der Waals surface area contributed by atoms with E-state index in [-0.39, 0.29) is 0 Å². The molecule has 0 aliphatic carbocycles. The van der Waals surface area contributed by atoms with Crippen molar-refractivity contribution in [3.63, 3.8) is 0 Å². The second kappa shape index (κ2) is 5.70. The molecule has 0 saturated carbocycles.